The molecule has 0 N–H and O–H groups in total. The molecule has 0 bridgehead atoms. The lowest BCUT2D eigenvalue weighted by Gasteiger charge is -2.30. The molecule has 0 heterocycles. The third-order valence-corrected chi connectivity index (χ3v) is 9.09. The fourth-order valence-electron chi connectivity index (χ4n) is 4.61. The van der Waals surface area contributed by atoms with Crippen molar-refractivity contribution in [2.45, 2.75) is 82.2 Å². The molecule has 0 spiro atoms. The van der Waals surface area contributed by atoms with Gasteiger partial charge >= 0.3 is 11.9 Å². The second-order valence-corrected chi connectivity index (χ2v) is 12.5. The number of carbonyl (C=O) groups is 2. The largest absolute Gasteiger partial charge is 0.491 e. The van der Waals surface area contributed by atoms with Crippen LogP contribution in [0.5, 0.6) is 5.75 Å². The molecule has 222 valence electrons. The van der Waals surface area contributed by atoms with Gasteiger partial charge in [-0.2, -0.15) is 0 Å². The summed E-state index contributed by atoms with van der Waals surface area (Å²) in [6.45, 7) is 2.69. The van der Waals surface area contributed by atoms with Crippen molar-refractivity contribution >= 4 is 21.8 Å². The maximum atomic E-state index is 13.0. The van der Waals surface area contributed by atoms with Crippen LogP contribution in [0.3, 0.4) is 0 Å². The van der Waals surface area contributed by atoms with Crippen LogP contribution < -0.4 is 4.74 Å². The van der Waals surface area contributed by atoms with Gasteiger partial charge in [0.15, 0.2) is 14.6 Å². The smallest absolute Gasteiger partial charge is 0.327 e. The van der Waals surface area contributed by atoms with Crippen LogP contribution in [0, 0.1) is 6.92 Å². The standard InChI is InChI=1S/C31H44O8S/c1-25-17-19-27(20-18-25)39-24-28(38-23-26-13-8-7-9-14-26)15-12-22-31(30(33)37-3,40(4,34)35)21-11-6-5-10-16-29(32)36-2/h7-9,13-14,17-20,28H,5-6,10-12,15-16,21-24H2,1-4H3. The van der Waals surface area contributed by atoms with Crippen LogP contribution in [0.25, 0.3) is 0 Å². The Kier molecular flexibility index (Phi) is 14.2. The summed E-state index contributed by atoms with van der Waals surface area (Å²) < 4.78 is 46.2. The number of hydrogen-bond donors (Lipinski definition) is 0. The van der Waals surface area contributed by atoms with Crippen LogP contribution in [0.15, 0.2) is 54.6 Å². The van der Waals surface area contributed by atoms with E-state index in [-0.39, 0.29) is 24.9 Å². The predicted molar refractivity (Wildman–Crippen MR) is 155 cm³/mol. The number of sulfone groups is 1. The van der Waals surface area contributed by atoms with Gasteiger partial charge in [-0.15, -0.1) is 0 Å². The molecule has 2 aromatic rings. The molecule has 2 rings (SSSR count). The van der Waals surface area contributed by atoms with Crippen molar-refractivity contribution in [2.24, 2.45) is 0 Å². The first-order valence-electron chi connectivity index (χ1n) is 13.8. The van der Waals surface area contributed by atoms with Crippen LogP contribution in [0.2, 0.25) is 0 Å². The maximum absolute atomic E-state index is 13.0. The molecule has 9 heteroatoms. The number of rotatable bonds is 19. The Hall–Kier alpha value is -2.91. The van der Waals surface area contributed by atoms with Gasteiger partial charge in [-0.1, -0.05) is 67.3 Å². The van der Waals surface area contributed by atoms with Crippen molar-refractivity contribution in [1.29, 1.82) is 0 Å². The lowest BCUT2D eigenvalue weighted by atomic mass is 9.93. The molecule has 0 fully saturated rings. The topological polar surface area (TPSA) is 105 Å². The van der Waals surface area contributed by atoms with Crippen molar-refractivity contribution < 1.29 is 37.0 Å². The van der Waals surface area contributed by atoms with Gasteiger partial charge in [0.1, 0.15) is 12.4 Å². The number of aryl methyl sites for hydroxylation is 1. The zero-order valence-electron chi connectivity index (χ0n) is 24.2. The number of esters is 2. The molecule has 0 radical (unpaired) electrons. The third kappa shape index (κ3) is 10.9. The van der Waals surface area contributed by atoms with E-state index in [9.17, 15) is 18.0 Å². The van der Waals surface area contributed by atoms with Crippen LogP contribution in [-0.4, -0.2) is 58.3 Å². The quantitative estimate of drug-likeness (QED) is 0.157. The Morgan fingerprint density at radius 1 is 0.850 bits per heavy atom. The summed E-state index contributed by atoms with van der Waals surface area (Å²) in [5.41, 5.74) is 2.16. The van der Waals surface area contributed by atoms with Gasteiger partial charge in [0.2, 0.25) is 0 Å². The highest BCUT2D eigenvalue weighted by molar-refractivity contribution is 7.92. The van der Waals surface area contributed by atoms with Gasteiger partial charge < -0.3 is 18.9 Å². The molecule has 0 amide bonds. The second-order valence-electron chi connectivity index (χ2n) is 10.2. The van der Waals surface area contributed by atoms with Crippen LogP contribution in [0.4, 0.5) is 0 Å². The van der Waals surface area contributed by atoms with Crippen LogP contribution in [0.1, 0.15) is 68.9 Å². The van der Waals surface area contributed by atoms with Crippen molar-refractivity contribution in [3.05, 3.63) is 65.7 Å². The van der Waals surface area contributed by atoms with E-state index in [0.29, 0.717) is 51.7 Å². The fourth-order valence-corrected chi connectivity index (χ4v) is 6.03. The van der Waals surface area contributed by atoms with E-state index in [0.717, 1.165) is 29.6 Å². The van der Waals surface area contributed by atoms with Crippen molar-refractivity contribution in [3.8, 4) is 5.75 Å². The number of methoxy groups -OCH3 is 2. The Morgan fingerprint density at radius 3 is 2.12 bits per heavy atom. The summed E-state index contributed by atoms with van der Waals surface area (Å²) in [4.78, 5) is 24.3. The van der Waals surface area contributed by atoms with E-state index in [2.05, 4.69) is 4.74 Å². The van der Waals surface area contributed by atoms with Crippen molar-refractivity contribution in [2.75, 3.05) is 27.1 Å². The molecule has 0 aromatic heterocycles. The molecule has 0 aliphatic carbocycles. The minimum Gasteiger partial charge on any atom is -0.491 e. The first kappa shape index (κ1) is 33.3. The zero-order chi connectivity index (χ0) is 29.4. The Morgan fingerprint density at radius 2 is 1.50 bits per heavy atom. The zero-order valence-corrected chi connectivity index (χ0v) is 25.0. The monoisotopic (exact) mass is 576 g/mol. The minimum atomic E-state index is -3.78. The van der Waals surface area contributed by atoms with Crippen molar-refractivity contribution in [1.82, 2.24) is 0 Å². The highest BCUT2D eigenvalue weighted by Gasteiger charge is 2.48. The van der Waals surface area contributed by atoms with Crippen LogP contribution in [-0.2, 0) is 40.2 Å². The summed E-state index contributed by atoms with van der Waals surface area (Å²) in [6, 6.07) is 17.6. The highest BCUT2D eigenvalue weighted by atomic mass is 32.2. The van der Waals surface area contributed by atoms with E-state index in [1.54, 1.807) is 0 Å². The minimum absolute atomic E-state index is 0.121. The SMILES string of the molecule is COC(=O)CCCCCCC(CCCC(COc1ccc(C)cc1)OCc1ccccc1)(C(=O)OC)S(C)(=O)=O. The Bertz CT molecular complexity index is 1130. The average Bonchev–Trinajstić information content (AvgIpc) is 2.95. The summed E-state index contributed by atoms with van der Waals surface area (Å²) in [5, 5.41) is 0. The first-order valence-corrected chi connectivity index (χ1v) is 15.7. The Labute approximate surface area is 239 Å². The summed E-state index contributed by atoms with van der Waals surface area (Å²) in [6.07, 6.45) is 4.93. The maximum Gasteiger partial charge on any atom is 0.327 e. The molecule has 0 aliphatic rings. The molecule has 2 aromatic carbocycles. The number of hydrogen-bond acceptors (Lipinski definition) is 8. The van der Waals surface area contributed by atoms with Gasteiger partial charge in [-0.3, -0.25) is 9.59 Å². The molecular weight excluding hydrogens is 532 g/mol. The van der Waals surface area contributed by atoms with Gasteiger partial charge in [0.05, 0.1) is 26.9 Å². The van der Waals surface area contributed by atoms with Crippen molar-refractivity contribution in [3.63, 3.8) is 0 Å². The Balaban J connectivity index is 2.06. The molecule has 0 saturated carbocycles. The van der Waals surface area contributed by atoms with E-state index in [1.165, 1.54) is 14.2 Å². The van der Waals surface area contributed by atoms with Gasteiger partial charge in [0, 0.05) is 12.7 Å². The number of carbonyl (C=O) groups excluding carboxylic acids is 2. The van der Waals surface area contributed by atoms with E-state index in [1.807, 2.05) is 61.5 Å². The van der Waals surface area contributed by atoms with E-state index >= 15 is 0 Å². The lowest BCUT2D eigenvalue weighted by Crippen LogP contribution is -2.47. The highest BCUT2D eigenvalue weighted by Crippen LogP contribution is 2.32. The van der Waals surface area contributed by atoms with E-state index in [4.69, 9.17) is 14.2 Å². The van der Waals surface area contributed by atoms with Crippen LogP contribution >= 0.6 is 0 Å². The number of unbranched alkanes of at least 4 members (excludes halogenated alkanes) is 3. The summed E-state index contributed by atoms with van der Waals surface area (Å²) >= 11 is 0. The molecule has 2 unspecified atom stereocenters. The summed E-state index contributed by atoms with van der Waals surface area (Å²) in [7, 11) is -1.21. The lowest BCUT2D eigenvalue weighted by molar-refractivity contribution is -0.144. The summed E-state index contributed by atoms with van der Waals surface area (Å²) in [5.74, 6) is -0.274. The second kappa shape index (κ2) is 17.0. The van der Waals surface area contributed by atoms with Gasteiger partial charge in [-0.05, 0) is 56.7 Å². The molecular formula is C31H44O8S. The molecule has 0 aliphatic heterocycles. The number of benzene rings is 2. The predicted octanol–water partition coefficient (Wildman–Crippen LogP) is 5.60. The molecule has 8 nitrogen and oxygen atoms in total. The first-order chi connectivity index (χ1) is 19.1. The fraction of sp³-hybridized carbons (Fsp3) is 0.548. The van der Waals surface area contributed by atoms with Gasteiger partial charge in [0.25, 0.3) is 0 Å². The molecule has 0 saturated heterocycles. The third-order valence-electron chi connectivity index (χ3n) is 7.10. The molecule has 40 heavy (non-hydrogen) atoms. The van der Waals surface area contributed by atoms with E-state index < -0.39 is 20.6 Å². The number of ether oxygens (including phenoxy) is 4. The average molecular weight is 577 g/mol. The normalized spacial score (nSPS) is 13.7. The molecule has 2 atom stereocenters. The van der Waals surface area contributed by atoms with Gasteiger partial charge in [-0.25, -0.2) is 8.42 Å².